The molecule has 6 nitrogen and oxygen atoms in total. The Morgan fingerprint density at radius 2 is 2.00 bits per heavy atom. The molecule has 0 spiro atoms. The largest absolute Gasteiger partial charge is 0.341 e. The van der Waals surface area contributed by atoms with Gasteiger partial charge in [-0.1, -0.05) is 23.4 Å². The third kappa shape index (κ3) is 4.00. The maximum Gasteiger partial charge on any atom is 0.226 e. The van der Waals surface area contributed by atoms with E-state index >= 15 is 0 Å². The van der Waals surface area contributed by atoms with E-state index in [2.05, 4.69) is 56.8 Å². The van der Waals surface area contributed by atoms with E-state index in [1.165, 1.54) is 11.3 Å². The normalized spacial score (nSPS) is 12.9. The van der Waals surface area contributed by atoms with Crippen LogP contribution in [0, 0.1) is 6.92 Å². The van der Waals surface area contributed by atoms with Crippen molar-refractivity contribution in [3.05, 3.63) is 65.8 Å². The summed E-state index contributed by atoms with van der Waals surface area (Å²) in [5.74, 6) is 1.19. The second-order valence-electron chi connectivity index (χ2n) is 6.71. The smallest absolute Gasteiger partial charge is 0.226 e. The lowest BCUT2D eigenvalue weighted by Crippen LogP contribution is -2.14. The van der Waals surface area contributed by atoms with Gasteiger partial charge >= 0.3 is 0 Å². The first-order valence-electron chi connectivity index (χ1n) is 9.23. The minimum atomic E-state index is -0.00879. The van der Waals surface area contributed by atoms with Crippen LogP contribution in [0.5, 0.6) is 0 Å². The van der Waals surface area contributed by atoms with Crippen LogP contribution < -0.4 is 10.2 Å². The lowest BCUT2D eigenvalue weighted by molar-refractivity contribution is -0.116. The number of anilines is 3. The number of carbonyl (C=O) groups excluding carboxylic acids is 1. The number of nitrogens with one attached hydrogen (secondary N) is 1. The number of aryl methyl sites for hydroxylation is 2. The van der Waals surface area contributed by atoms with Gasteiger partial charge in [-0.15, -0.1) is 0 Å². The number of para-hydroxylation sites is 1. The summed E-state index contributed by atoms with van der Waals surface area (Å²) in [5.41, 5.74) is 4.60. The van der Waals surface area contributed by atoms with Crippen molar-refractivity contribution in [3.8, 4) is 0 Å². The molecule has 138 valence electrons. The molecule has 0 fully saturated rings. The molecule has 2 aromatic carbocycles. The number of hydrogen-bond donors (Lipinski definition) is 1. The van der Waals surface area contributed by atoms with E-state index in [1.54, 1.807) is 6.92 Å². The fraction of sp³-hybridized carbons (Fsp3) is 0.286. The average molecular weight is 362 g/mol. The van der Waals surface area contributed by atoms with Crippen LogP contribution in [0.15, 0.2) is 53.1 Å². The summed E-state index contributed by atoms with van der Waals surface area (Å²) in [4.78, 5) is 18.6. The third-order valence-corrected chi connectivity index (χ3v) is 4.71. The zero-order valence-electron chi connectivity index (χ0n) is 15.3. The molecule has 1 aliphatic rings. The Hall–Kier alpha value is -3.15. The Balaban J connectivity index is 1.31. The van der Waals surface area contributed by atoms with Crippen molar-refractivity contribution in [3.63, 3.8) is 0 Å². The lowest BCUT2D eigenvalue weighted by Gasteiger charge is -2.20. The fourth-order valence-electron chi connectivity index (χ4n) is 3.40. The van der Waals surface area contributed by atoms with Crippen molar-refractivity contribution in [2.75, 3.05) is 16.8 Å². The van der Waals surface area contributed by atoms with E-state index < -0.39 is 0 Å². The van der Waals surface area contributed by atoms with Crippen LogP contribution in [-0.2, 0) is 17.6 Å². The molecule has 0 saturated heterocycles. The average Bonchev–Trinajstić information content (AvgIpc) is 3.29. The number of nitrogens with zero attached hydrogens (tertiary/aromatic N) is 3. The number of hydrogen-bond acceptors (Lipinski definition) is 5. The van der Waals surface area contributed by atoms with Crippen LogP contribution in [-0.4, -0.2) is 22.6 Å². The molecule has 0 radical (unpaired) electrons. The summed E-state index contributed by atoms with van der Waals surface area (Å²) < 4.78 is 5.05. The monoisotopic (exact) mass is 362 g/mol. The zero-order valence-corrected chi connectivity index (χ0v) is 15.3. The van der Waals surface area contributed by atoms with E-state index in [1.807, 2.05) is 12.1 Å². The molecule has 4 rings (SSSR count). The zero-order chi connectivity index (χ0) is 18.6. The number of carbonyl (C=O) groups is 1. The molecule has 2 heterocycles. The summed E-state index contributed by atoms with van der Waals surface area (Å²) in [6.07, 6.45) is 2.77. The number of amides is 1. The van der Waals surface area contributed by atoms with Crippen LogP contribution in [0.1, 0.15) is 30.1 Å². The molecule has 3 aromatic rings. The summed E-state index contributed by atoms with van der Waals surface area (Å²) >= 11 is 0. The van der Waals surface area contributed by atoms with Gasteiger partial charge in [0.25, 0.3) is 0 Å². The second-order valence-corrected chi connectivity index (χ2v) is 6.71. The molecule has 0 atom stereocenters. The maximum absolute atomic E-state index is 12.1. The molecular formula is C21H22N4O2. The standard InChI is InChI=1S/C21H22N4O2/c1-15-22-21(27-24-15)8-4-7-20(26)23-17-9-11-18(12-10-17)25-14-13-16-5-2-3-6-19(16)25/h2-3,5-6,9-12H,4,7-8,13-14H2,1H3,(H,23,26). The lowest BCUT2D eigenvalue weighted by atomic mass is 10.2. The van der Waals surface area contributed by atoms with Gasteiger partial charge in [-0.25, -0.2) is 0 Å². The van der Waals surface area contributed by atoms with E-state index in [9.17, 15) is 4.79 Å². The van der Waals surface area contributed by atoms with Gasteiger partial charge in [0, 0.05) is 36.4 Å². The molecule has 1 N–H and O–H groups in total. The molecule has 27 heavy (non-hydrogen) atoms. The molecule has 1 aliphatic heterocycles. The van der Waals surface area contributed by atoms with Crippen LogP contribution in [0.3, 0.4) is 0 Å². The van der Waals surface area contributed by atoms with Gasteiger partial charge in [0.1, 0.15) is 0 Å². The van der Waals surface area contributed by atoms with Gasteiger partial charge < -0.3 is 14.7 Å². The van der Waals surface area contributed by atoms with Gasteiger partial charge in [0.05, 0.1) is 0 Å². The minimum Gasteiger partial charge on any atom is -0.341 e. The highest BCUT2D eigenvalue weighted by molar-refractivity contribution is 5.91. The fourth-order valence-corrected chi connectivity index (χ4v) is 3.40. The molecule has 1 amide bonds. The first-order valence-corrected chi connectivity index (χ1v) is 9.23. The van der Waals surface area contributed by atoms with E-state index in [0.717, 1.165) is 24.3 Å². The van der Waals surface area contributed by atoms with Crippen molar-refractivity contribution in [2.24, 2.45) is 0 Å². The number of aromatic nitrogens is 2. The van der Waals surface area contributed by atoms with Crippen LogP contribution in [0.4, 0.5) is 17.1 Å². The van der Waals surface area contributed by atoms with E-state index in [-0.39, 0.29) is 5.91 Å². The van der Waals surface area contributed by atoms with Crippen molar-refractivity contribution < 1.29 is 9.32 Å². The Morgan fingerprint density at radius 1 is 1.19 bits per heavy atom. The van der Waals surface area contributed by atoms with Gasteiger partial charge in [0.15, 0.2) is 5.82 Å². The Labute approximate surface area is 158 Å². The molecular weight excluding hydrogens is 340 g/mol. The number of fused-ring (bicyclic) bond motifs is 1. The van der Waals surface area contributed by atoms with E-state index in [4.69, 9.17) is 4.52 Å². The van der Waals surface area contributed by atoms with Crippen molar-refractivity contribution in [1.29, 1.82) is 0 Å². The van der Waals surface area contributed by atoms with Crippen LogP contribution >= 0.6 is 0 Å². The Kier molecular flexibility index (Phi) is 4.87. The highest BCUT2D eigenvalue weighted by Crippen LogP contribution is 2.34. The highest BCUT2D eigenvalue weighted by atomic mass is 16.5. The van der Waals surface area contributed by atoms with Crippen molar-refractivity contribution in [2.45, 2.75) is 32.6 Å². The summed E-state index contributed by atoms with van der Waals surface area (Å²) in [5, 5.41) is 6.69. The van der Waals surface area contributed by atoms with Crippen molar-refractivity contribution >= 4 is 23.0 Å². The topological polar surface area (TPSA) is 71.3 Å². The van der Waals surface area contributed by atoms with Crippen LogP contribution in [0.2, 0.25) is 0 Å². The molecule has 0 aliphatic carbocycles. The van der Waals surface area contributed by atoms with Gasteiger partial charge in [-0.3, -0.25) is 4.79 Å². The molecule has 0 bridgehead atoms. The maximum atomic E-state index is 12.1. The summed E-state index contributed by atoms with van der Waals surface area (Å²) in [6.45, 7) is 2.77. The molecule has 1 aromatic heterocycles. The predicted molar refractivity (Wildman–Crippen MR) is 104 cm³/mol. The molecule has 6 heteroatoms. The Morgan fingerprint density at radius 3 is 2.78 bits per heavy atom. The van der Waals surface area contributed by atoms with Crippen LogP contribution in [0.25, 0.3) is 0 Å². The molecule has 0 saturated carbocycles. The highest BCUT2D eigenvalue weighted by Gasteiger charge is 2.19. The number of benzene rings is 2. The van der Waals surface area contributed by atoms with Crippen molar-refractivity contribution in [1.82, 2.24) is 10.1 Å². The number of rotatable bonds is 6. The first kappa shape index (κ1) is 17.3. The van der Waals surface area contributed by atoms with Gasteiger partial charge in [-0.05, 0) is 55.7 Å². The summed E-state index contributed by atoms with van der Waals surface area (Å²) in [6, 6.07) is 16.5. The Bertz CT molecular complexity index is 933. The third-order valence-electron chi connectivity index (χ3n) is 4.71. The first-order chi connectivity index (χ1) is 13.2. The van der Waals surface area contributed by atoms with Gasteiger partial charge in [-0.2, -0.15) is 4.98 Å². The predicted octanol–water partition coefficient (Wildman–Crippen LogP) is 4.03. The summed E-state index contributed by atoms with van der Waals surface area (Å²) in [7, 11) is 0. The quantitative estimate of drug-likeness (QED) is 0.717. The second kappa shape index (κ2) is 7.61. The minimum absolute atomic E-state index is 0.00879. The SMILES string of the molecule is Cc1noc(CCCC(=O)Nc2ccc(N3CCc4ccccc43)cc2)n1. The van der Waals surface area contributed by atoms with Gasteiger partial charge in [0.2, 0.25) is 11.8 Å². The van der Waals surface area contributed by atoms with E-state index in [0.29, 0.717) is 31.0 Å². The molecule has 0 unspecified atom stereocenters.